The third-order valence-electron chi connectivity index (χ3n) is 14.9. The van der Waals surface area contributed by atoms with Gasteiger partial charge in [0.1, 0.15) is 0 Å². The van der Waals surface area contributed by atoms with Gasteiger partial charge in [-0.25, -0.2) is 0 Å². The third kappa shape index (κ3) is 11.0. The predicted octanol–water partition coefficient (Wildman–Crippen LogP) is 19.9. The van der Waals surface area contributed by atoms with Crippen molar-refractivity contribution in [3.8, 4) is 134 Å². The van der Waals surface area contributed by atoms with Crippen molar-refractivity contribution in [3.63, 3.8) is 0 Å². The molecule has 3 heterocycles. The molecule has 0 aliphatic rings. The number of hydrogen-bond donors (Lipinski definition) is 0. The van der Waals surface area contributed by atoms with Crippen LogP contribution < -0.4 is 0 Å². The van der Waals surface area contributed by atoms with Crippen molar-refractivity contribution in [3.05, 3.63) is 309 Å². The van der Waals surface area contributed by atoms with E-state index in [1.54, 1.807) is 0 Å². The van der Waals surface area contributed by atoms with E-state index in [-0.39, 0.29) is 20.1 Å². The fraction of sp³-hybridized carbons (Fsp3) is 0.0260. The van der Waals surface area contributed by atoms with Crippen LogP contribution in [0.3, 0.4) is 0 Å². The maximum Gasteiger partial charge on any atom is 3.00 e. The second-order valence-corrected chi connectivity index (χ2v) is 20.3. The van der Waals surface area contributed by atoms with Crippen LogP contribution in [0.4, 0.5) is 0 Å². The smallest absolute Gasteiger partial charge is 0.304 e. The summed E-state index contributed by atoms with van der Waals surface area (Å²) in [5.41, 5.74) is 27.4. The van der Waals surface area contributed by atoms with Crippen LogP contribution in [0, 0.1) is 32.0 Å². The number of benzene rings is 10. The minimum atomic E-state index is 0. The van der Waals surface area contributed by atoms with Crippen molar-refractivity contribution >= 4 is 0 Å². The van der Waals surface area contributed by atoms with Crippen LogP contribution in [0.25, 0.3) is 134 Å². The van der Waals surface area contributed by atoms with Gasteiger partial charge in [-0.1, -0.05) is 233 Å². The SMILES string of the molecule is Cc1ccc(-c2[c-]cc(-c3ccccc3-c3cc(-c4ccccc4-c4c[c-]c(-c5ccc(C)cn5)cc4)cc(-c4ccccc4-c4c[c-]c(-c5cccc(-c6ccccc6)n5)cc4-c4ccc(-c5ccccc5)cc4)c3)cc2)nc1.[Ir+3]. The summed E-state index contributed by atoms with van der Waals surface area (Å²) in [7, 11) is 0. The molecule has 0 fully saturated rings. The summed E-state index contributed by atoms with van der Waals surface area (Å²) in [5, 5.41) is 0. The zero-order valence-electron chi connectivity index (χ0n) is 44.7. The molecule has 0 amide bonds. The molecule has 0 N–H and O–H groups in total. The standard InChI is InChI=1S/C77H52N3.Ir/c1-52-28-44-74(78-50-52)60-38-34-56(35-39-60)66-20-9-11-22-68(66)63-46-64(69-23-12-10-21-67(69)57-36-40-61(41-37-57)75-45-29-53(2)51-79-75)48-65(47-63)70-24-13-14-25-71(70)72-43-42-62(77-27-15-26-76(80-77)59-18-7-4-8-19-59)49-73(72)58-32-30-55(31-33-58)54-16-5-3-6-17-54;/h3-38,40,43-51H,1-2H3;/q-3;+3. The van der Waals surface area contributed by atoms with Crippen molar-refractivity contribution in [2.75, 3.05) is 0 Å². The van der Waals surface area contributed by atoms with Crippen LogP contribution in [0.5, 0.6) is 0 Å². The molecule has 0 unspecified atom stereocenters. The molecule has 0 bridgehead atoms. The third-order valence-corrected chi connectivity index (χ3v) is 14.9. The van der Waals surface area contributed by atoms with E-state index in [4.69, 9.17) is 15.0 Å². The Balaban J connectivity index is 0.00000651. The van der Waals surface area contributed by atoms with Crippen molar-refractivity contribution in [2.24, 2.45) is 0 Å². The Morgan fingerprint density at radius 1 is 0.247 bits per heavy atom. The van der Waals surface area contributed by atoms with Gasteiger partial charge in [-0.15, -0.1) is 83.4 Å². The van der Waals surface area contributed by atoms with Gasteiger partial charge in [0.05, 0.1) is 5.69 Å². The van der Waals surface area contributed by atoms with Gasteiger partial charge in [0, 0.05) is 12.4 Å². The van der Waals surface area contributed by atoms with E-state index < -0.39 is 0 Å². The van der Waals surface area contributed by atoms with Crippen LogP contribution >= 0.6 is 0 Å². The molecule has 0 aliphatic heterocycles. The Kier molecular flexibility index (Phi) is 15.0. The quantitative estimate of drug-likeness (QED) is 0.114. The van der Waals surface area contributed by atoms with Gasteiger partial charge in [0.15, 0.2) is 0 Å². The number of nitrogens with zero attached hydrogens (tertiary/aromatic N) is 3. The molecule has 3 nitrogen and oxygen atoms in total. The normalized spacial score (nSPS) is 11.0. The Hall–Kier alpha value is -9.70. The van der Waals surface area contributed by atoms with Crippen LogP contribution in [0.2, 0.25) is 0 Å². The van der Waals surface area contributed by atoms with Crippen molar-refractivity contribution in [1.82, 2.24) is 15.0 Å². The Labute approximate surface area is 488 Å². The molecule has 81 heavy (non-hydrogen) atoms. The van der Waals surface area contributed by atoms with Gasteiger partial charge in [0.2, 0.25) is 0 Å². The van der Waals surface area contributed by atoms with Gasteiger partial charge in [-0.2, -0.15) is 0 Å². The average molecular weight is 1210 g/mol. The molecule has 3 aromatic heterocycles. The van der Waals surface area contributed by atoms with E-state index in [1.165, 1.54) is 5.56 Å². The Bertz CT molecular complexity index is 4160. The summed E-state index contributed by atoms with van der Waals surface area (Å²) < 4.78 is 0. The second kappa shape index (κ2) is 23.3. The van der Waals surface area contributed by atoms with Gasteiger partial charge in [-0.05, 0) is 122 Å². The molecule has 0 atom stereocenters. The summed E-state index contributed by atoms with van der Waals surface area (Å²) in [6.45, 7) is 4.12. The minimum Gasteiger partial charge on any atom is -0.304 e. The van der Waals surface area contributed by atoms with Gasteiger partial charge in [0.25, 0.3) is 0 Å². The summed E-state index contributed by atoms with van der Waals surface area (Å²) in [6.07, 6.45) is 3.81. The average Bonchev–Trinajstić information content (AvgIpc) is 3.56. The molecule has 0 saturated heterocycles. The fourth-order valence-electron chi connectivity index (χ4n) is 10.7. The molecular weight excluding hydrogens is 1160 g/mol. The first kappa shape index (κ1) is 52.0. The zero-order chi connectivity index (χ0) is 53.8. The van der Waals surface area contributed by atoms with Crippen molar-refractivity contribution in [1.29, 1.82) is 0 Å². The molecule has 0 spiro atoms. The monoisotopic (exact) mass is 1210 g/mol. The minimum absolute atomic E-state index is 0. The summed E-state index contributed by atoms with van der Waals surface area (Å²) in [5.74, 6) is 0. The number of aromatic nitrogens is 3. The van der Waals surface area contributed by atoms with Crippen molar-refractivity contribution in [2.45, 2.75) is 13.8 Å². The van der Waals surface area contributed by atoms with Crippen LogP contribution in [0.15, 0.2) is 279 Å². The van der Waals surface area contributed by atoms with E-state index in [2.05, 4.69) is 293 Å². The molecular formula is C77H52IrN3. The van der Waals surface area contributed by atoms with E-state index >= 15 is 0 Å². The topological polar surface area (TPSA) is 38.7 Å². The van der Waals surface area contributed by atoms with Gasteiger partial charge >= 0.3 is 20.1 Å². The molecule has 0 aliphatic carbocycles. The predicted molar refractivity (Wildman–Crippen MR) is 331 cm³/mol. The summed E-state index contributed by atoms with van der Waals surface area (Å²) in [6, 6.07) is 106. The van der Waals surface area contributed by atoms with Gasteiger partial charge < -0.3 is 9.97 Å². The van der Waals surface area contributed by atoms with Crippen molar-refractivity contribution < 1.29 is 20.1 Å². The zero-order valence-corrected chi connectivity index (χ0v) is 47.1. The number of rotatable bonds is 12. The van der Waals surface area contributed by atoms with Crippen LogP contribution in [0.1, 0.15) is 11.1 Å². The molecule has 384 valence electrons. The molecule has 4 heteroatoms. The van der Waals surface area contributed by atoms with E-state index in [0.717, 1.165) is 140 Å². The molecule has 0 radical (unpaired) electrons. The molecule has 10 aromatic carbocycles. The maximum atomic E-state index is 5.21. The summed E-state index contributed by atoms with van der Waals surface area (Å²) >= 11 is 0. The summed E-state index contributed by atoms with van der Waals surface area (Å²) in [4.78, 5) is 14.6. The number of pyridine rings is 3. The first-order valence-corrected chi connectivity index (χ1v) is 27.0. The van der Waals surface area contributed by atoms with E-state index in [1.807, 2.05) is 18.5 Å². The second-order valence-electron chi connectivity index (χ2n) is 20.3. The maximum absolute atomic E-state index is 5.21. The van der Waals surface area contributed by atoms with E-state index in [9.17, 15) is 0 Å². The van der Waals surface area contributed by atoms with E-state index in [0.29, 0.717) is 0 Å². The first-order chi connectivity index (χ1) is 39.5. The number of hydrogen-bond acceptors (Lipinski definition) is 3. The largest absolute Gasteiger partial charge is 3.00 e. The molecule has 13 aromatic rings. The Morgan fingerprint density at radius 2 is 0.654 bits per heavy atom. The van der Waals surface area contributed by atoms with Crippen LogP contribution in [-0.2, 0) is 20.1 Å². The first-order valence-electron chi connectivity index (χ1n) is 27.0. The van der Waals surface area contributed by atoms with Gasteiger partial charge in [-0.3, -0.25) is 4.98 Å². The Morgan fingerprint density at radius 3 is 1.14 bits per heavy atom. The fourth-order valence-corrected chi connectivity index (χ4v) is 10.7. The number of aryl methyl sites for hydroxylation is 2. The molecule has 0 saturated carbocycles. The van der Waals surface area contributed by atoms with Crippen LogP contribution in [-0.4, -0.2) is 15.0 Å². The molecule has 13 rings (SSSR count).